The van der Waals surface area contributed by atoms with Gasteiger partial charge in [0.2, 0.25) is 0 Å². The number of benzene rings is 2. The summed E-state index contributed by atoms with van der Waals surface area (Å²) in [5.74, 6) is -2.08. The first kappa shape index (κ1) is 27.1. The van der Waals surface area contributed by atoms with E-state index in [0.29, 0.717) is 12.1 Å². The maximum Gasteiger partial charge on any atom is 1.00 e. The molecule has 0 aromatic heterocycles. The van der Waals surface area contributed by atoms with E-state index in [2.05, 4.69) is 4.72 Å². The third kappa shape index (κ3) is 5.04. The van der Waals surface area contributed by atoms with Gasteiger partial charge in [-0.15, -0.1) is 6.04 Å². The number of hydrogen-bond donors (Lipinski definition) is 0. The molecule has 14 heteroatoms. The van der Waals surface area contributed by atoms with Gasteiger partial charge in [0.25, 0.3) is 0 Å². The van der Waals surface area contributed by atoms with E-state index in [4.69, 9.17) is 11.6 Å². The van der Waals surface area contributed by atoms with E-state index in [1.54, 1.807) is 0 Å². The fourth-order valence-corrected chi connectivity index (χ4v) is 6.30. The third-order valence-electron chi connectivity index (χ3n) is 4.77. The van der Waals surface area contributed by atoms with Gasteiger partial charge < -0.3 is 4.72 Å². The maximum absolute atomic E-state index is 14.5. The van der Waals surface area contributed by atoms with Crippen LogP contribution in [0.25, 0.3) is 4.72 Å². The number of sulfonamides is 1. The molecule has 0 N–H and O–H groups in total. The third-order valence-corrected chi connectivity index (χ3v) is 8.66. The van der Waals surface area contributed by atoms with Crippen molar-refractivity contribution < 1.29 is 90.2 Å². The zero-order chi connectivity index (χ0) is 22.5. The van der Waals surface area contributed by atoms with Gasteiger partial charge in [-0.3, -0.25) is 0 Å². The Morgan fingerprint density at radius 3 is 2.03 bits per heavy atom. The summed E-state index contributed by atoms with van der Waals surface area (Å²) in [5.41, 5.74) is -6.28. The Balaban J connectivity index is 0.00000341. The Labute approximate surface area is 222 Å². The summed E-state index contributed by atoms with van der Waals surface area (Å²) in [6.07, 6.45) is -1.57. The van der Waals surface area contributed by atoms with Crippen LogP contribution in [0.4, 0.5) is 22.0 Å². The summed E-state index contributed by atoms with van der Waals surface area (Å²) >= 11 is 5.73. The van der Waals surface area contributed by atoms with E-state index < -0.39 is 66.2 Å². The first-order valence-corrected chi connectivity index (χ1v) is 11.5. The Bertz CT molecular complexity index is 1180. The minimum Gasteiger partial charge on any atom is -0.538 e. The van der Waals surface area contributed by atoms with Crippen molar-refractivity contribution in [3.8, 4) is 0 Å². The molecule has 1 aliphatic carbocycles. The summed E-state index contributed by atoms with van der Waals surface area (Å²) in [4.78, 5) is -0.340. The molecule has 0 spiro atoms. The number of halogens is 6. The first-order chi connectivity index (χ1) is 13.7. The zero-order valence-corrected chi connectivity index (χ0v) is 21.2. The van der Waals surface area contributed by atoms with Crippen molar-refractivity contribution in [2.75, 3.05) is 0 Å². The normalized spacial score (nSPS) is 21.8. The monoisotopic (exact) mass is 527 g/mol. The minimum atomic E-state index is -5.88. The molecule has 0 atom stereocenters. The fourth-order valence-electron chi connectivity index (χ4n) is 3.30. The molecule has 1 fully saturated rings. The van der Waals surface area contributed by atoms with Crippen molar-refractivity contribution in [2.24, 2.45) is 0 Å². The molecule has 1 saturated carbocycles. The van der Waals surface area contributed by atoms with Crippen LogP contribution in [-0.4, -0.2) is 28.4 Å². The van der Waals surface area contributed by atoms with E-state index in [-0.39, 0.29) is 61.3 Å². The second-order valence-corrected chi connectivity index (χ2v) is 11.0. The Morgan fingerprint density at radius 2 is 1.52 bits per heavy atom. The summed E-state index contributed by atoms with van der Waals surface area (Å²) in [6.45, 7) is 0. The Morgan fingerprint density at radius 1 is 0.968 bits per heavy atom. The number of hydrogen-bond acceptors (Lipinski definition) is 4. The average Bonchev–Trinajstić information content (AvgIpc) is 2.59. The van der Waals surface area contributed by atoms with E-state index in [1.165, 1.54) is 12.1 Å². The van der Waals surface area contributed by atoms with Crippen molar-refractivity contribution in [1.29, 1.82) is 0 Å². The van der Waals surface area contributed by atoms with Gasteiger partial charge in [0.05, 0.1) is 4.90 Å². The van der Waals surface area contributed by atoms with Crippen LogP contribution in [-0.2, 0) is 24.6 Å². The molecular formula is C17H12ClF5KNO4S2. The number of rotatable bonds is 5. The summed E-state index contributed by atoms with van der Waals surface area (Å²) in [5, 5.41) is 0.192. The van der Waals surface area contributed by atoms with Gasteiger partial charge in [0, 0.05) is 10.6 Å². The van der Waals surface area contributed by atoms with Crippen LogP contribution in [0.3, 0.4) is 0 Å². The van der Waals surface area contributed by atoms with Crippen LogP contribution in [0.5, 0.6) is 0 Å². The smallest absolute Gasteiger partial charge is 0.538 e. The van der Waals surface area contributed by atoms with E-state index in [1.807, 2.05) is 0 Å². The largest absolute Gasteiger partial charge is 1.00 e. The molecule has 2 aromatic rings. The van der Waals surface area contributed by atoms with E-state index >= 15 is 0 Å². The van der Waals surface area contributed by atoms with Gasteiger partial charge >= 0.3 is 56.9 Å². The molecule has 2 aromatic carbocycles. The molecule has 0 radical (unpaired) electrons. The molecule has 0 bridgehead atoms. The molecule has 164 valence electrons. The topological polar surface area (TPSA) is 82.4 Å². The second-order valence-electron chi connectivity index (χ2n) is 6.66. The molecule has 0 aliphatic heterocycles. The Kier molecular flexibility index (Phi) is 8.10. The van der Waals surface area contributed by atoms with E-state index in [9.17, 15) is 38.8 Å². The predicted octanol–water partition coefficient (Wildman–Crippen LogP) is 1.68. The fraction of sp³-hybridized carbons (Fsp3) is 0.294. The van der Waals surface area contributed by atoms with Crippen LogP contribution < -0.4 is 51.4 Å². The zero-order valence-electron chi connectivity index (χ0n) is 15.7. The van der Waals surface area contributed by atoms with Crippen molar-refractivity contribution in [3.63, 3.8) is 0 Å². The predicted molar refractivity (Wildman–Crippen MR) is 98.0 cm³/mol. The van der Waals surface area contributed by atoms with Crippen molar-refractivity contribution in [1.82, 2.24) is 0 Å². The molecule has 1 aliphatic rings. The summed E-state index contributed by atoms with van der Waals surface area (Å²) in [6, 6.07) is 5.15. The summed E-state index contributed by atoms with van der Waals surface area (Å²) < 4.78 is 116. The van der Waals surface area contributed by atoms with E-state index in [0.717, 1.165) is 18.2 Å². The molecular weight excluding hydrogens is 516 g/mol. The molecule has 0 unspecified atom stereocenters. The van der Waals surface area contributed by atoms with Crippen molar-refractivity contribution in [2.45, 2.75) is 34.0 Å². The second kappa shape index (κ2) is 9.26. The van der Waals surface area contributed by atoms with Gasteiger partial charge in [-0.2, -0.15) is 13.2 Å². The van der Waals surface area contributed by atoms with Crippen LogP contribution in [0.15, 0.2) is 47.4 Å². The van der Waals surface area contributed by atoms with Gasteiger partial charge in [-0.05, 0) is 55.3 Å². The van der Waals surface area contributed by atoms with Crippen LogP contribution in [0.1, 0.15) is 18.4 Å². The number of alkyl halides is 3. The average molecular weight is 528 g/mol. The molecule has 5 nitrogen and oxygen atoms in total. The minimum absolute atomic E-state index is 0. The molecule has 0 saturated heterocycles. The van der Waals surface area contributed by atoms with Crippen molar-refractivity contribution >= 4 is 31.5 Å². The molecule has 3 rings (SSSR count). The van der Waals surface area contributed by atoms with Crippen LogP contribution in [0.2, 0.25) is 5.02 Å². The van der Waals surface area contributed by atoms with Gasteiger partial charge in [-0.25, -0.2) is 25.6 Å². The first-order valence-electron chi connectivity index (χ1n) is 8.19. The van der Waals surface area contributed by atoms with Crippen LogP contribution in [0, 0.1) is 11.6 Å². The molecule has 31 heavy (non-hydrogen) atoms. The standard InChI is InChI=1S/C17H12ClF5NO4S2.K/c18-10-1-4-13(5-2-10)29(25,26)16(14-7-11(19)3-6-15(14)20)8-12(9-16)24-30(27,28)17(21,22)23;/h1-7,12H,8-9H2;/q-1;+1. The molecule has 0 heterocycles. The summed E-state index contributed by atoms with van der Waals surface area (Å²) in [7, 11) is -10.4. The van der Waals surface area contributed by atoms with Gasteiger partial charge in [0.1, 0.15) is 16.4 Å². The Hall–Kier alpha value is -0.124. The van der Waals surface area contributed by atoms with Gasteiger partial charge in [0.15, 0.2) is 19.9 Å². The quantitative estimate of drug-likeness (QED) is 0.438. The van der Waals surface area contributed by atoms with Crippen molar-refractivity contribution in [3.05, 3.63) is 69.4 Å². The molecule has 0 amide bonds. The maximum atomic E-state index is 14.5. The SMILES string of the molecule is O=S(=O)([N-]C1CC(c2cc(F)ccc2F)(S(=O)(=O)c2ccc(Cl)cc2)C1)C(F)(F)F.[K+]. The van der Waals surface area contributed by atoms with Gasteiger partial charge in [-0.1, -0.05) is 11.6 Å². The van der Waals surface area contributed by atoms with Crippen LogP contribution >= 0.6 is 11.6 Å². The number of nitrogens with zero attached hydrogens (tertiary/aromatic N) is 1. The number of sulfone groups is 1.